The largest absolute Gasteiger partial charge is 0.453 e. The molecule has 6 rings (SSSR count). The second kappa shape index (κ2) is 7.82. The fraction of sp³-hybridized carbons (Fsp3) is 0.462. The summed E-state index contributed by atoms with van der Waals surface area (Å²) in [5, 5.41) is 9.85. The molecule has 34 heavy (non-hydrogen) atoms. The summed E-state index contributed by atoms with van der Waals surface area (Å²) in [6, 6.07) is 14.5. The molecule has 0 N–H and O–H groups in total. The van der Waals surface area contributed by atoms with Crippen molar-refractivity contribution in [1.82, 2.24) is 9.80 Å². The average molecular weight is 461 g/mol. The number of carbonyl (C=O) groups excluding carboxylic acids is 2. The van der Waals surface area contributed by atoms with E-state index in [-0.39, 0.29) is 24.3 Å². The van der Waals surface area contributed by atoms with Gasteiger partial charge in [-0.15, -0.1) is 0 Å². The topological polar surface area (TPSA) is 83.8 Å². The van der Waals surface area contributed by atoms with Crippen molar-refractivity contribution in [2.75, 3.05) is 27.3 Å². The van der Waals surface area contributed by atoms with Gasteiger partial charge in [-0.3, -0.25) is 0 Å². The monoisotopic (exact) mass is 460 g/mol. The minimum absolute atomic E-state index is 0.105. The van der Waals surface area contributed by atoms with E-state index in [9.17, 15) is 9.59 Å². The summed E-state index contributed by atoms with van der Waals surface area (Å²) in [5.74, 6) is 0.309. The first-order valence-corrected chi connectivity index (χ1v) is 11.9. The molecule has 4 aliphatic rings. The Hall–Kier alpha value is -3.42. The molecular weight excluding hydrogens is 432 g/mol. The number of carbonyl (C=O) groups is 2. The average Bonchev–Trinajstić information content (AvgIpc) is 3.60. The highest BCUT2D eigenvalue weighted by atomic mass is 16.5. The molecule has 2 fully saturated rings. The van der Waals surface area contributed by atoms with Gasteiger partial charge in [0.15, 0.2) is 0 Å². The molecule has 0 unspecified atom stereocenters. The molecule has 2 heterocycles. The molecule has 0 bridgehead atoms. The molecule has 2 aliphatic heterocycles. The first-order valence-electron chi connectivity index (χ1n) is 11.9. The standard InChI is InChI=1S/C26H28N4O4/c1-33-24(31)29-12-10-18-17-7-5-9-21(19(17)15-22(18)29)27-28-26-11-13-30(25(32)34-2)23(26)14-16-6-3-4-8-20(16)26/h3-9,18,22-23H,10-15H2,1-2H3/t18-,22+,23-,26-/m0/s1. The Labute approximate surface area is 198 Å². The van der Waals surface area contributed by atoms with Crippen LogP contribution in [0, 0.1) is 0 Å². The Morgan fingerprint density at radius 3 is 2.59 bits per heavy atom. The second-order valence-corrected chi connectivity index (χ2v) is 9.59. The third-order valence-corrected chi connectivity index (χ3v) is 8.26. The van der Waals surface area contributed by atoms with E-state index in [2.05, 4.69) is 18.2 Å². The van der Waals surface area contributed by atoms with E-state index in [1.54, 1.807) is 4.90 Å². The van der Waals surface area contributed by atoms with E-state index >= 15 is 0 Å². The minimum Gasteiger partial charge on any atom is -0.453 e. The van der Waals surface area contributed by atoms with Crippen molar-refractivity contribution in [3.05, 3.63) is 64.7 Å². The molecular formula is C26H28N4O4. The first kappa shape index (κ1) is 21.1. The molecule has 4 atom stereocenters. The molecule has 8 nitrogen and oxygen atoms in total. The summed E-state index contributed by atoms with van der Waals surface area (Å²) < 4.78 is 10.1. The van der Waals surface area contributed by atoms with Crippen LogP contribution in [0.5, 0.6) is 0 Å². The highest BCUT2D eigenvalue weighted by Crippen LogP contribution is 2.51. The highest BCUT2D eigenvalue weighted by molar-refractivity contribution is 5.70. The fourth-order valence-corrected chi connectivity index (χ4v) is 6.72. The number of fused-ring (bicyclic) bond motifs is 6. The van der Waals surface area contributed by atoms with Crippen molar-refractivity contribution < 1.29 is 19.1 Å². The number of amides is 2. The third-order valence-electron chi connectivity index (χ3n) is 8.26. The maximum Gasteiger partial charge on any atom is 0.409 e. The number of ether oxygens (including phenoxy) is 2. The van der Waals surface area contributed by atoms with Gasteiger partial charge in [-0.2, -0.15) is 10.2 Å². The lowest BCUT2D eigenvalue weighted by Crippen LogP contribution is -2.42. The predicted octanol–water partition coefficient (Wildman–Crippen LogP) is 4.54. The summed E-state index contributed by atoms with van der Waals surface area (Å²) in [7, 11) is 2.86. The Kier molecular flexibility index (Phi) is 4.86. The Balaban J connectivity index is 1.36. The molecule has 0 radical (unpaired) electrons. The van der Waals surface area contributed by atoms with Crippen molar-refractivity contribution in [2.24, 2.45) is 10.2 Å². The van der Waals surface area contributed by atoms with Crippen LogP contribution in [0.3, 0.4) is 0 Å². The van der Waals surface area contributed by atoms with Gasteiger partial charge in [0.1, 0.15) is 5.54 Å². The van der Waals surface area contributed by atoms with Crippen molar-refractivity contribution >= 4 is 17.9 Å². The SMILES string of the molecule is COC(=O)N1CC[C@H]2c3cccc(N=N[C@]45CCN(C(=O)OC)[C@H]4Cc4ccccc45)c3C[C@H]21. The molecule has 2 aliphatic carbocycles. The lowest BCUT2D eigenvalue weighted by molar-refractivity contribution is 0.113. The van der Waals surface area contributed by atoms with Gasteiger partial charge in [-0.25, -0.2) is 9.59 Å². The molecule has 2 aromatic rings. The van der Waals surface area contributed by atoms with Crippen LogP contribution in [0.15, 0.2) is 52.7 Å². The van der Waals surface area contributed by atoms with Gasteiger partial charge in [0, 0.05) is 25.0 Å². The molecule has 0 aromatic heterocycles. The van der Waals surface area contributed by atoms with Gasteiger partial charge in [-0.05, 0) is 54.0 Å². The van der Waals surface area contributed by atoms with E-state index < -0.39 is 5.54 Å². The molecule has 2 amide bonds. The zero-order valence-electron chi connectivity index (χ0n) is 19.4. The van der Waals surface area contributed by atoms with Gasteiger partial charge >= 0.3 is 12.2 Å². The number of benzene rings is 2. The van der Waals surface area contributed by atoms with Crippen molar-refractivity contribution in [1.29, 1.82) is 0 Å². The van der Waals surface area contributed by atoms with E-state index in [0.29, 0.717) is 18.9 Å². The molecule has 0 spiro atoms. The van der Waals surface area contributed by atoms with Gasteiger partial charge in [0.25, 0.3) is 0 Å². The molecule has 2 saturated heterocycles. The predicted molar refractivity (Wildman–Crippen MR) is 124 cm³/mol. The van der Waals surface area contributed by atoms with Gasteiger partial charge in [0.05, 0.1) is 25.9 Å². The van der Waals surface area contributed by atoms with Crippen LogP contribution in [0.2, 0.25) is 0 Å². The Bertz CT molecular complexity index is 1200. The van der Waals surface area contributed by atoms with Crippen molar-refractivity contribution in [3.63, 3.8) is 0 Å². The van der Waals surface area contributed by atoms with Gasteiger partial charge in [-0.1, -0.05) is 36.4 Å². The van der Waals surface area contributed by atoms with E-state index in [4.69, 9.17) is 19.7 Å². The maximum atomic E-state index is 12.5. The summed E-state index contributed by atoms with van der Waals surface area (Å²) in [4.78, 5) is 28.4. The van der Waals surface area contributed by atoms with Crippen molar-refractivity contribution in [2.45, 2.75) is 49.2 Å². The van der Waals surface area contributed by atoms with Crippen molar-refractivity contribution in [3.8, 4) is 0 Å². The van der Waals surface area contributed by atoms with E-state index in [1.807, 2.05) is 29.2 Å². The normalized spacial score (nSPS) is 28.6. The van der Waals surface area contributed by atoms with Crippen LogP contribution >= 0.6 is 0 Å². The quantitative estimate of drug-likeness (QED) is 0.616. The summed E-state index contributed by atoms with van der Waals surface area (Å²) in [6.07, 6.45) is 2.57. The highest BCUT2D eigenvalue weighted by Gasteiger charge is 2.56. The second-order valence-electron chi connectivity index (χ2n) is 9.59. The fourth-order valence-electron chi connectivity index (χ4n) is 6.72. The lowest BCUT2D eigenvalue weighted by atomic mass is 9.89. The summed E-state index contributed by atoms with van der Waals surface area (Å²) >= 11 is 0. The molecule has 2 aromatic carbocycles. The minimum atomic E-state index is -0.569. The third kappa shape index (κ3) is 2.90. The first-order chi connectivity index (χ1) is 16.6. The van der Waals surface area contributed by atoms with Crippen LogP contribution in [0.25, 0.3) is 0 Å². The number of azo groups is 1. The summed E-state index contributed by atoms with van der Waals surface area (Å²) in [6.45, 7) is 1.31. The molecule has 8 heteroatoms. The Morgan fingerprint density at radius 1 is 0.971 bits per heavy atom. The molecule has 0 saturated carbocycles. The van der Waals surface area contributed by atoms with Gasteiger partial charge in [0.2, 0.25) is 0 Å². The molecule has 176 valence electrons. The number of hydrogen-bond acceptors (Lipinski definition) is 6. The van der Waals surface area contributed by atoms with E-state index in [0.717, 1.165) is 42.6 Å². The summed E-state index contributed by atoms with van der Waals surface area (Å²) in [5.41, 5.74) is 5.07. The number of nitrogens with zero attached hydrogens (tertiary/aromatic N) is 4. The zero-order valence-corrected chi connectivity index (χ0v) is 19.4. The number of methoxy groups -OCH3 is 2. The van der Waals surface area contributed by atoms with E-state index in [1.165, 1.54) is 25.3 Å². The zero-order chi connectivity index (χ0) is 23.4. The van der Waals surface area contributed by atoms with Crippen LogP contribution in [0.1, 0.15) is 41.0 Å². The smallest absolute Gasteiger partial charge is 0.409 e. The lowest BCUT2D eigenvalue weighted by Gasteiger charge is -2.28. The van der Waals surface area contributed by atoms with Crippen LogP contribution in [-0.2, 0) is 27.9 Å². The van der Waals surface area contributed by atoms with Crippen LogP contribution in [-0.4, -0.2) is 61.4 Å². The maximum absolute atomic E-state index is 12.5. The number of likely N-dealkylation sites (tertiary alicyclic amines) is 2. The van der Waals surface area contributed by atoms with Crippen LogP contribution in [0.4, 0.5) is 15.3 Å². The van der Waals surface area contributed by atoms with Gasteiger partial charge < -0.3 is 19.3 Å². The number of rotatable bonds is 2. The van der Waals surface area contributed by atoms with Crippen LogP contribution < -0.4 is 0 Å². The number of hydrogen-bond donors (Lipinski definition) is 0. The Morgan fingerprint density at radius 2 is 1.76 bits per heavy atom.